The summed E-state index contributed by atoms with van der Waals surface area (Å²) in [6.45, 7) is 6.78. The standard InChI is InChI=1S/C15H24N2S/c1-12(2)16-13-7-6-10-17(11-13)14-8-4-5-9-15(14)18-3/h4-5,8-9,12-13,16H,6-7,10-11H2,1-3H3. The number of para-hydroxylation sites is 1. The highest BCUT2D eigenvalue weighted by molar-refractivity contribution is 7.98. The van der Waals surface area contributed by atoms with Crippen molar-refractivity contribution >= 4 is 17.4 Å². The molecular weight excluding hydrogens is 240 g/mol. The summed E-state index contributed by atoms with van der Waals surface area (Å²) >= 11 is 1.84. The summed E-state index contributed by atoms with van der Waals surface area (Å²) in [5.74, 6) is 0. The van der Waals surface area contributed by atoms with Crippen molar-refractivity contribution in [2.45, 2.75) is 43.7 Å². The normalized spacial score (nSPS) is 20.4. The Balaban J connectivity index is 2.08. The van der Waals surface area contributed by atoms with Crippen LogP contribution in [0.3, 0.4) is 0 Å². The van der Waals surface area contributed by atoms with Crippen molar-refractivity contribution < 1.29 is 0 Å². The summed E-state index contributed by atoms with van der Waals surface area (Å²) in [4.78, 5) is 3.93. The molecule has 1 aromatic rings. The molecule has 1 N–H and O–H groups in total. The highest BCUT2D eigenvalue weighted by Gasteiger charge is 2.21. The van der Waals surface area contributed by atoms with Gasteiger partial charge in [-0.15, -0.1) is 11.8 Å². The zero-order valence-corrected chi connectivity index (χ0v) is 12.5. The van der Waals surface area contributed by atoms with E-state index in [0.29, 0.717) is 12.1 Å². The van der Waals surface area contributed by atoms with Crippen LogP contribution in [0.1, 0.15) is 26.7 Å². The Morgan fingerprint density at radius 1 is 1.33 bits per heavy atom. The SMILES string of the molecule is CSc1ccccc1N1CCCC(NC(C)C)C1. The molecule has 1 aliphatic heterocycles. The Morgan fingerprint density at radius 3 is 2.83 bits per heavy atom. The van der Waals surface area contributed by atoms with E-state index >= 15 is 0 Å². The molecule has 3 heteroatoms. The average molecular weight is 264 g/mol. The maximum atomic E-state index is 3.67. The summed E-state index contributed by atoms with van der Waals surface area (Å²) < 4.78 is 0. The Morgan fingerprint density at radius 2 is 2.11 bits per heavy atom. The summed E-state index contributed by atoms with van der Waals surface area (Å²) in [6.07, 6.45) is 4.75. The predicted octanol–water partition coefficient (Wildman–Crippen LogP) is 3.38. The number of nitrogens with zero attached hydrogens (tertiary/aromatic N) is 1. The van der Waals surface area contributed by atoms with E-state index in [9.17, 15) is 0 Å². The lowest BCUT2D eigenvalue weighted by Gasteiger charge is -2.36. The van der Waals surface area contributed by atoms with Crippen LogP contribution >= 0.6 is 11.8 Å². The second-order valence-electron chi connectivity index (χ2n) is 5.28. The first-order valence-corrected chi connectivity index (χ1v) is 8.07. The number of benzene rings is 1. The summed E-state index contributed by atoms with van der Waals surface area (Å²) in [6, 6.07) is 9.96. The molecule has 0 aromatic heterocycles. The number of hydrogen-bond donors (Lipinski definition) is 1. The van der Waals surface area contributed by atoms with Gasteiger partial charge in [-0.25, -0.2) is 0 Å². The maximum Gasteiger partial charge on any atom is 0.0504 e. The zero-order valence-electron chi connectivity index (χ0n) is 11.6. The lowest BCUT2D eigenvalue weighted by Crippen LogP contribution is -2.48. The van der Waals surface area contributed by atoms with Crippen LogP contribution in [0.4, 0.5) is 5.69 Å². The molecule has 1 unspecified atom stereocenters. The molecule has 100 valence electrons. The van der Waals surface area contributed by atoms with Gasteiger partial charge in [0.15, 0.2) is 0 Å². The first-order chi connectivity index (χ1) is 8.70. The second-order valence-corrected chi connectivity index (χ2v) is 6.13. The monoisotopic (exact) mass is 264 g/mol. The van der Waals surface area contributed by atoms with Crippen molar-refractivity contribution in [1.82, 2.24) is 5.32 Å². The molecule has 18 heavy (non-hydrogen) atoms. The minimum Gasteiger partial charge on any atom is -0.369 e. The molecule has 1 fully saturated rings. The van der Waals surface area contributed by atoms with Gasteiger partial charge in [-0.3, -0.25) is 0 Å². The Kier molecular flexibility index (Phi) is 4.95. The van der Waals surface area contributed by atoms with Crippen LogP contribution in [0, 0.1) is 0 Å². The Hall–Kier alpha value is -0.670. The topological polar surface area (TPSA) is 15.3 Å². The fourth-order valence-corrected chi connectivity index (χ4v) is 3.32. The van der Waals surface area contributed by atoms with Crippen molar-refractivity contribution in [2.24, 2.45) is 0 Å². The predicted molar refractivity (Wildman–Crippen MR) is 81.7 cm³/mol. The van der Waals surface area contributed by atoms with E-state index in [1.807, 2.05) is 11.8 Å². The highest BCUT2D eigenvalue weighted by Crippen LogP contribution is 2.30. The van der Waals surface area contributed by atoms with E-state index in [2.05, 4.69) is 54.6 Å². The van der Waals surface area contributed by atoms with E-state index in [0.717, 1.165) is 6.54 Å². The molecular formula is C15H24N2S. The third-order valence-corrected chi connectivity index (χ3v) is 4.20. The molecule has 1 aliphatic rings. The van der Waals surface area contributed by atoms with Gasteiger partial charge in [0.05, 0.1) is 5.69 Å². The average Bonchev–Trinajstić information content (AvgIpc) is 2.38. The number of hydrogen-bond acceptors (Lipinski definition) is 3. The minimum absolute atomic E-state index is 0.575. The first-order valence-electron chi connectivity index (χ1n) is 6.84. The molecule has 1 aromatic carbocycles. The maximum absolute atomic E-state index is 3.67. The summed E-state index contributed by atoms with van der Waals surface area (Å²) in [5, 5.41) is 3.67. The van der Waals surface area contributed by atoms with Gasteiger partial charge in [-0.1, -0.05) is 26.0 Å². The molecule has 0 spiro atoms. The van der Waals surface area contributed by atoms with Crippen molar-refractivity contribution in [2.75, 3.05) is 24.2 Å². The molecule has 1 heterocycles. The van der Waals surface area contributed by atoms with Gasteiger partial charge in [0.1, 0.15) is 0 Å². The molecule has 0 amide bonds. The van der Waals surface area contributed by atoms with Crippen LogP contribution in [0.15, 0.2) is 29.2 Å². The highest BCUT2D eigenvalue weighted by atomic mass is 32.2. The number of thioether (sulfide) groups is 1. The molecule has 0 aliphatic carbocycles. The van der Waals surface area contributed by atoms with E-state index in [1.54, 1.807) is 0 Å². The number of anilines is 1. The van der Waals surface area contributed by atoms with Crippen LogP contribution in [0.5, 0.6) is 0 Å². The van der Waals surface area contributed by atoms with Gasteiger partial charge < -0.3 is 10.2 Å². The van der Waals surface area contributed by atoms with Crippen LogP contribution in [-0.4, -0.2) is 31.4 Å². The fraction of sp³-hybridized carbons (Fsp3) is 0.600. The Labute approximate surface area is 115 Å². The van der Waals surface area contributed by atoms with E-state index in [1.165, 1.54) is 30.0 Å². The number of nitrogens with one attached hydrogen (secondary N) is 1. The lowest BCUT2D eigenvalue weighted by atomic mass is 10.0. The molecule has 0 saturated carbocycles. The molecule has 2 rings (SSSR count). The van der Waals surface area contributed by atoms with E-state index in [4.69, 9.17) is 0 Å². The third-order valence-electron chi connectivity index (χ3n) is 3.42. The third kappa shape index (κ3) is 3.42. The molecule has 1 atom stereocenters. The second kappa shape index (κ2) is 6.48. The minimum atomic E-state index is 0.575. The molecule has 2 nitrogen and oxygen atoms in total. The van der Waals surface area contributed by atoms with Crippen molar-refractivity contribution in [1.29, 1.82) is 0 Å². The lowest BCUT2D eigenvalue weighted by molar-refractivity contribution is 0.394. The van der Waals surface area contributed by atoms with Crippen LogP contribution in [-0.2, 0) is 0 Å². The van der Waals surface area contributed by atoms with Crippen molar-refractivity contribution in [3.63, 3.8) is 0 Å². The van der Waals surface area contributed by atoms with Gasteiger partial charge in [-0.05, 0) is 31.2 Å². The summed E-state index contributed by atoms with van der Waals surface area (Å²) in [5.41, 5.74) is 1.40. The van der Waals surface area contributed by atoms with Gasteiger partial charge >= 0.3 is 0 Å². The van der Waals surface area contributed by atoms with Gasteiger partial charge in [0.2, 0.25) is 0 Å². The smallest absolute Gasteiger partial charge is 0.0504 e. The fourth-order valence-electron chi connectivity index (χ4n) is 2.69. The van der Waals surface area contributed by atoms with Gasteiger partial charge in [-0.2, -0.15) is 0 Å². The molecule has 0 bridgehead atoms. The summed E-state index contributed by atoms with van der Waals surface area (Å²) in [7, 11) is 0. The van der Waals surface area contributed by atoms with Crippen LogP contribution < -0.4 is 10.2 Å². The number of piperidine rings is 1. The number of rotatable bonds is 4. The van der Waals surface area contributed by atoms with E-state index in [-0.39, 0.29) is 0 Å². The van der Waals surface area contributed by atoms with Crippen molar-refractivity contribution in [3.05, 3.63) is 24.3 Å². The van der Waals surface area contributed by atoms with Crippen LogP contribution in [0.25, 0.3) is 0 Å². The van der Waals surface area contributed by atoms with E-state index < -0.39 is 0 Å². The Bertz CT molecular complexity index is 379. The molecule has 1 saturated heterocycles. The zero-order chi connectivity index (χ0) is 13.0. The quantitative estimate of drug-likeness (QED) is 0.839. The first kappa shape index (κ1) is 13.8. The van der Waals surface area contributed by atoms with Crippen LogP contribution in [0.2, 0.25) is 0 Å². The van der Waals surface area contributed by atoms with Gasteiger partial charge in [0.25, 0.3) is 0 Å². The largest absolute Gasteiger partial charge is 0.369 e. The van der Waals surface area contributed by atoms with Gasteiger partial charge in [0, 0.05) is 30.1 Å². The van der Waals surface area contributed by atoms with Crippen molar-refractivity contribution in [3.8, 4) is 0 Å². The molecule has 0 radical (unpaired) electrons.